The van der Waals surface area contributed by atoms with E-state index >= 15 is 0 Å². The van der Waals surface area contributed by atoms with Crippen molar-refractivity contribution in [2.24, 2.45) is 4.99 Å². The third-order valence-electron chi connectivity index (χ3n) is 4.64. The summed E-state index contributed by atoms with van der Waals surface area (Å²) < 4.78 is 5.74. The second-order valence-electron chi connectivity index (χ2n) is 6.74. The largest absolute Gasteiger partial charge is 0.545 e. The number of hydrogen-bond acceptors (Lipinski definition) is 8. The highest BCUT2D eigenvalue weighted by Crippen LogP contribution is 2.34. The lowest BCUT2D eigenvalue weighted by atomic mass is 10.1. The number of nitrogens with zero attached hydrogens (tertiary/aromatic N) is 2. The number of benzene rings is 2. The number of aromatic carboxylic acids is 2. The lowest BCUT2D eigenvalue weighted by molar-refractivity contribution is -0.256. The Morgan fingerprint density at radius 1 is 1.00 bits per heavy atom. The van der Waals surface area contributed by atoms with Gasteiger partial charge in [0.25, 0.3) is 5.91 Å². The molecule has 0 N–H and O–H groups in total. The number of thioether (sulfide) groups is 1. The first kappa shape index (κ1) is 21.1. The molecule has 2 heterocycles. The zero-order valence-electron chi connectivity index (χ0n) is 16.6. The van der Waals surface area contributed by atoms with E-state index in [1.807, 2.05) is 0 Å². The van der Waals surface area contributed by atoms with Crippen LogP contribution in [0.3, 0.4) is 0 Å². The molecule has 1 aliphatic rings. The number of aliphatic imine (C=N–C) groups is 1. The first-order chi connectivity index (χ1) is 15.3. The maximum atomic E-state index is 12.6. The van der Waals surface area contributed by atoms with Crippen molar-refractivity contribution in [1.82, 2.24) is 4.90 Å². The molecule has 0 saturated carbocycles. The van der Waals surface area contributed by atoms with E-state index in [-0.39, 0.29) is 17.0 Å². The number of amidine groups is 1. The Morgan fingerprint density at radius 2 is 1.72 bits per heavy atom. The van der Waals surface area contributed by atoms with Gasteiger partial charge in [0.1, 0.15) is 11.5 Å². The first-order valence-electron chi connectivity index (χ1n) is 9.32. The highest BCUT2D eigenvalue weighted by Gasteiger charge is 2.30. The van der Waals surface area contributed by atoms with E-state index in [2.05, 4.69) is 4.99 Å². The third kappa shape index (κ3) is 4.19. The first-order valence-corrected chi connectivity index (χ1v) is 10.1. The van der Waals surface area contributed by atoms with Crippen LogP contribution in [0.25, 0.3) is 17.4 Å². The molecule has 1 aliphatic heterocycles. The second-order valence-corrected chi connectivity index (χ2v) is 7.75. The van der Waals surface area contributed by atoms with Crippen molar-refractivity contribution in [3.8, 4) is 11.3 Å². The monoisotopic (exact) mass is 446 g/mol. The van der Waals surface area contributed by atoms with E-state index in [0.717, 1.165) is 11.8 Å². The van der Waals surface area contributed by atoms with Crippen molar-refractivity contribution in [3.05, 3.63) is 82.5 Å². The highest BCUT2D eigenvalue weighted by molar-refractivity contribution is 8.18. The van der Waals surface area contributed by atoms with Gasteiger partial charge in [0.05, 0.1) is 22.5 Å². The van der Waals surface area contributed by atoms with E-state index in [4.69, 9.17) is 4.42 Å². The summed E-state index contributed by atoms with van der Waals surface area (Å²) in [6, 6.07) is 15.4. The molecule has 0 bridgehead atoms. The summed E-state index contributed by atoms with van der Waals surface area (Å²) in [6.45, 7) is 0. The van der Waals surface area contributed by atoms with Crippen molar-refractivity contribution in [1.29, 1.82) is 0 Å². The molecule has 4 rings (SSSR count). The van der Waals surface area contributed by atoms with Gasteiger partial charge < -0.3 is 24.2 Å². The van der Waals surface area contributed by atoms with Crippen LogP contribution >= 0.6 is 11.8 Å². The smallest absolute Gasteiger partial charge is 0.266 e. The molecule has 1 amide bonds. The van der Waals surface area contributed by atoms with Gasteiger partial charge in [0.2, 0.25) is 0 Å². The van der Waals surface area contributed by atoms with Gasteiger partial charge in [-0.05, 0) is 41.6 Å². The Labute approximate surface area is 186 Å². The second kappa shape index (κ2) is 8.56. The Kier molecular flexibility index (Phi) is 5.65. The predicted octanol–water partition coefficient (Wildman–Crippen LogP) is 1.91. The number of amides is 1. The molecule has 9 heteroatoms. The summed E-state index contributed by atoms with van der Waals surface area (Å²) in [7, 11) is 1.58. The lowest BCUT2D eigenvalue weighted by Crippen LogP contribution is -2.23. The molecule has 2 aromatic carbocycles. The number of carboxylic acids is 2. The summed E-state index contributed by atoms with van der Waals surface area (Å²) in [4.78, 5) is 40.9. The maximum absolute atomic E-state index is 12.6. The van der Waals surface area contributed by atoms with Gasteiger partial charge in [0.15, 0.2) is 5.17 Å². The van der Waals surface area contributed by atoms with Crippen molar-refractivity contribution in [3.63, 3.8) is 0 Å². The van der Waals surface area contributed by atoms with Gasteiger partial charge in [-0.15, -0.1) is 0 Å². The molecule has 3 aromatic rings. The molecule has 0 atom stereocenters. The minimum Gasteiger partial charge on any atom is -0.545 e. The van der Waals surface area contributed by atoms with E-state index in [9.17, 15) is 24.6 Å². The van der Waals surface area contributed by atoms with Crippen molar-refractivity contribution in [2.45, 2.75) is 0 Å². The zero-order chi connectivity index (χ0) is 22.8. The Hall–Kier alpha value is -4.11. The average Bonchev–Trinajstić information content (AvgIpc) is 3.35. The van der Waals surface area contributed by atoms with Crippen LogP contribution in [0.5, 0.6) is 0 Å². The topological polar surface area (TPSA) is 126 Å². The van der Waals surface area contributed by atoms with Crippen LogP contribution in [-0.2, 0) is 4.79 Å². The number of carbonyl (C=O) groups excluding carboxylic acids is 3. The molecule has 32 heavy (non-hydrogen) atoms. The maximum Gasteiger partial charge on any atom is 0.266 e. The normalized spacial score (nSPS) is 16.2. The SMILES string of the molecule is CN1C(=O)/C(=C/c2ccc(-c3ccccc3C(=O)[O-])o2)SC1=Nc1ccc(C(=O)[O-])cc1. The number of carboxylic acid groups (broad SMARTS) is 2. The van der Waals surface area contributed by atoms with Crippen LogP contribution in [-0.4, -0.2) is 35.0 Å². The number of hydrogen-bond donors (Lipinski definition) is 0. The molecular weight excluding hydrogens is 432 g/mol. The molecule has 1 aromatic heterocycles. The fourth-order valence-electron chi connectivity index (χ4n) is 3.01. The quantitative estimate of drug-likeness (QED) is 0.548. The fourth-order valence-corrected chi connectivity index (χ4v) is 3.98. The molecular formula is C23H14N2O6S-2. The van der Waals surface area contributed by atoms with Gasteiger partial charge in [-0.2, -0.15) is 0 Å². The minimum absolute atomic E-state index is 0.00576. The summed E-state index contributed by atoms with van der Waals surface area (Å²) in [5.74, 6) is -2.17. The zero-order valence-corrected chi connectivity index (χ0v) is 17.4. The predicted molar refractivity (Wildman–Crippen MR) is 115 cm³/mol. The molecule has 8 nitrogen and oxygen atoms in total. The van der Waals surface area contributed by atoms with Crippen LogP contribution in [0.4, 0.5) is 5.69 Å². The Bertz CT molecular complexity index is 1290. The van der Waals surface area contributed by atoms with E-state index < -0.39 is 11.9 Å². The van der Waals surface area contributed by atoms with Crippen LogP contribution in [0, 0.1) is 0 Å². The third-order valence-corrected chi connectivity index (χ3v) is 5.70. The Balaban J connectivity index is 1.59. The summed E-state index contributed by atoms with van der Waals surface area (Å²) >= 11 is 1.13. The number of carbonyl (C=O) groups is 3. The van der Waals surface area contributed by atoms with E-state index in [0.29, 0.717) is 32.8 Å². The van der Waals surface area contributed by atoms with Gasteiger partial charge >= 0.3 is 0 Å². The van der Waals surface area contributed by atoms with E-state index in [1.165, 1.54) is 35.2 Å². The average molecular weight is 446 g/mol. The fraction of sp³-hybridized carbons (Fsp3) is 0.0435. The van der Waals surface area contributed by atoms with Gasteiger partial charge in [0, 0.05) is 24.3 Å². The van der Waals surface area contributed by atoms with E-state index in [1.54, 1.807) is 43.5 Å². The van der Waals surface area contributed by atoms with Crippen LogP contribution < -0.4 is 10.2 Å². The van der Waals surface area contributed by atoms with Crippen LogP contribution in [0.15, 0.2) is 75.0 Å². The standard InChI is InChI=1S/C23H16N2O6S/c1-25-20(26)19(32-23(25)24-14-8-6-13(7-9-14)21(27)28)12-15-10-11-18(31-15)16-4-2-3-5-17(16)22(29)30/h2-12H,1H3,(H,27,28)(H,29,30)/p-2/b19-12-,24-23?. The number of furan rings is 1. The Morgan fingerprint density at radius 3 is 2.41 bits per heavy atom. The highest BCUT2D eigenvalue weighted by atomic mass is 32.2. The molecule has 0 radical (unpaired) electrons. The summed E-state index contributed by atoms with van der Waals surface area (Å²) in [5.41, 5.74) is 0.901. The summed E-state index contributed by atoms with van der Waals surface area (Å²) in [5, 5.41) is 22.6. The van der Waals surface area contributed by atoms with Gasteiger partial charge in [-0.25, -0.2) is 4.99 Å². The number of rotatable bonds is 5. The lowest BCUT2D eigenvalue weighted by Gasteiger charge is -2.07. The minimum atomic E-state index is -1.31. The van der Waals surface area contributed by atoms with Gasteiger partial charge in [-0.1, -0.05) is 36.4 Å². The van der Waals surface area contributed by atoms with Gasteiger partial charge in [-0.3, -0.25) is 9.69 Å². The molecule has 1 fully saturated rings. The van der Waals surface area contributed by atoms with Crippen LogP contribution in [0.2, 0.25) is 0 Å². The summed E-state index contributed by atoms with van der Waals surface area (Å²) in [6.07, 6.45) is 1.55. The van der Waals surface area contributed by atoms with Crippen molar-refractivity contribution < 1.29 is 29.0 Å². The molecule has 0 spiro atoms. The van der Waals surface area contributed by atoms with Crippen LogP contribution in [0.1, 0.15) is 26.5 Å². The molecule has 1 saturated heterocycles. The number of likely N-dealkylation sites (N-methyl/N-ethyl adjacent to an activating group) is 1. The molecule has 160 valence electrons. The van der Waals surface area contributed by atoms with Crippen molar-refractivity contribution in [2.75, 3.05) is 7.05 Å². The molecule has 0 aliphatic carbocycles. The van der Waals surface area contributed by atoms with Crippen molar-refractivity contribution >= 4 is 46.5 Å². The molecule has 0 unspecified atom stereocenters.